The maximum absolute atomic E-state index is 13.8. The highest BCUT2D eigenvalue weighted by Crippen LogP contribution is 2.32. The van der Waals surface area contributed by atoms with Crippen LogP contribution in [0.15, 0.2) is 66.7 Å². The van der Waals surface area contributed by atoms with Crippen LogP contribution in [-0.2, 0) is 4.79 Å². The molecule has 0 radical (unpaired) electrons. The van der Waals surface area contributed by atoms with Crippen LogP contribution in [-0.4, -0.2) is 35.9 Å². The molecule has 11 heteroatoms. The van der Waals surface area contributed by atoms with E-state index in [1.807, 2.05) is 5.01 Å². The SMILES string of the molecule is CC(=O)N(c1ccc(NC(=O)N(S)c2ccc(NC(=O)c3ccccc3F)cc2)cc1Cl)N1CCCC1. The Morgan fingerprint density at radius 2 is 1.59 bits per heavy atom. The number of hydrogen-bond donors (Lipinski definition) is 3. The fraction of sp³-hybridized carbons (Fsp3) is 0.192. The topological polar surface area (TPSA) is 85.0 Å². The Labute approximate surface area is 224 Å². The van der Waals surface area contributed by atoms with E-state index in [4.69, 9.17) is 11.6 Å². The Morgan fingerprint density at radius 1 is 0.946 bits per heavy atom. The van der Waals surface area contributed by atoms with Gasteiger partial charge in [-0.05, 0) is 67.4 Å². The molecule has 0 atom stereocenters. The van der Waals surface area contributed by atoms with Crippen LogP contribution in [0.25, 0.3) is 0 Å². The number of anilines is 4. The van der Waals surface area contributed by atoms with Crippen molar-refractivity contribution in [1.29, 1.82) is 0 Å². The molecule has 1 fully saturated rings. The van der Waals surface area contributed by atoms with Crippen molar-refractivity contribution >= 4 is 65.0 Å². The lowest BCUT2D eigenvalue weighted by Gasteiger charge is -2.31. The summed E-state index contributed by atoms with van der Waals surface area (Å²) in [6.45, 7) is 3.03. The van der Waals surface area contributed by atoms with Gasteiger partial charge in [-0.15, -0.1) is 0 Å². The smallest absolute Gasteiger partial charge is 0.322 e. The number of carbonyl (C=O) groups is 3. The first-order valence-corrected chi connectivity index (χ1v) is 12.3. The van der Waals surface area contributed by atoms with Gasteiger partial charge < -0.3 is 10.6 Å². The van der Waals surface area contributed by atoms with Crippen LogP contribution in [0.1, 0.15) is 30.1 Å². The lowest BCUT2D eigenvalue weighted by Crippen LogP contribution is -2.44. The molecule has 1 heterocycles. The Morgan fingerprint density at radius 3 is 2.22 bits per heavy atom. The van der Waals surface area contributed by atoms with Crippen molar-refractivity contribution in [2.75, 3.05) is 33.0 Å². The summed E-state index contributed by atoms with van der Waals surface area (Å²) >= 11 is 10.8. The van der Waals surface area contributed by atoms with E-state index in [9.17, 15) is 18.8 Å². The molecule has 1 aliphatic rings. The fourth-order valence-corrected chi connectivity index (χ4v) is 4.45. The summed E-state index contributed by atoms with van der Waals surface area (Å²) in [6, 6.07) is 16.4. The third-order valence-electron chi connectivity index (χ3n) is 5.77. The van der Waals surface area contributed by atoms with E-state index in [2.05, 4.69) is 23.4 Å². The summed E-state index contributed by atoms with van der Waals surface area (Å²) < 4.78 is 14.9. The van der Waals surface area contributed by atoms with E-state index in [1.165, 1.54) is 25.1 Å². The second kappa shape index (κ2) is 11.6. The van der Waals surface area contributed by atoms with Crippen molar-refractivity contribution in [1.82, 2.24) is 5.01 Å². The van der Waals surface area contributed by atoms with Crippen LogP contribution in [0.2, 0.25) is 5.02 Å². The molecule has 0 bridgehead atoms. The van der Waals surface area contributed by atoms with Gasteiger partial charge in [-0.2, -0.15) is 0 Å². The number of rotatable bonds is 6. The van der Waals surface area contributed by atoms with Crippen LogP contribution in [0.5, 0.6) is 0 Å². The molecule has 4 amide bonds. The van der Waals surface area contributed by atoms with Gasteiger partial charge in [-0.1, -0.05) is 36.5 Å². The molecule has 3 aromatic rings. The van der Waals surface area contributed by atoms with Gasteiger partial charge in [0.15, 0.2) is 0 Å². The molecule has 0 spiro atoms. The Hall–Kier alpha value is -3.60. The molecule has 1 aliphatic heterocycles. The van der Waals surface area contributed by atoms with Crippen LogP contribution >= 0.6 is 24.4 Å². The minimum absolute atomic E-state index is 0.0710. The number of hydrogen-bond acceptors (Lipinski definition) is 5. The van der Waals surface area contributed by atoms with Gasteiger partial charge >= 0.3 is 6.03 Å². The molecule has 8 nitrogen and oxygen atoms in total. The summed E-state index contributed by atoms with van der Waals surface area (Å²) in [5.41, 5.74) is 1.76. The van der Waals surface area contributed by atoms with Gasteiger partial charge in [0, 0.05) is 31.4 Å². The number of thiol groups is 1. The molecule has 0 aliphatic carbocycles. The van der Waals surface area contributed by atoms with Crippen LogP contribution in [0, 0.1) is 5.82 Å². The van der Waals surface area contributed by atoms with Crippen LogP contribution in [0.3, 0.4) is 0 Å². The van der Waals surface area contributed by atoms with Crippen LogP contribution < -0.4 is 19.9 Å². The van der Waals surface area contributed by atoms with Crippen molar-refractivity contribution in [3.05, 3.63) is 83.1 Å². The Balaban J connectivity index is 1.40. The Bertz CT molecular complexity index is 1320. The highest BCUT2D eigenvalue weighted by molar-refractivity contribution is 7.82. The Kier molecular flexibility index (Phi) is 8.32. The second-order valence-corrected chi connectivity index (χ2v) is 9.19. The van der Waals surface area contributed by atoms with Gasteiger partial charge in [-0.3, -0.25) is 9.59 Å². The van der Waals surface area contributed by atoms with Gasteiger partial charge in [0.1, 0.15) is 5.82 Å². The molecule has 1 saturated heterocycles. The molecule has 0 saturated carbocycles. The minimum atomic E-state index is -0.618. The van der Waals surface area contributed by atoms with Crippen molar-refractivity contribution in [2.45, 2.75) is 19.8 Å². The van der Waals surface area contributed by atoms with E-state index in [0.29, 0.717) is 27.8 Å². The summed E-state index contributed by atoms with van der Waals surface area (Å²) in [6.07, 6.45) is 2.01. The lowest BCUT2D eigenvalue weighted by molar-refractivity contribution is -0.119. The summed E-state index contributed by atoms with van der Waals surface area (Å²) in [7, 11) is 0. The average molecular weight is 542 g/mol. The van der Waals surface area contributed by atoms with E-state index in [-0.39, 0.29) is 11.5 Å². The largest absolute Gasteiger partial charge is 0.336 e. The van der Waals surface area contributed by atoms with E-state index < -0.39 is 17.8 Å². The van der Waals surface area contributed by atoms with E-state index in [1.54, 1.807) is 53.5 Å². The van der Waals surface area contributed by atoms with Crippen molar-refractivity contribution in [2.24, 2.45) is 0 Å². The zero-order chi connectivity index (χ0) is 26.5. The van der Waals surface area contributed by atoms with Gasteiger partial charge in [-0.25, -0.2) is 23.5 Å². The predicted molar refractivity (Wildman–Crippen MR) is 147 cm³/mol. The standard InChI is InChI=1S/C26H25ClFN5O3S/c1-17(34)32(31-14-4-5-15-31)24-13-10-19(16-22(24)27)30-26(36)33(37)20-11-8-18(9-12-20)29-25(35)21-6-2-3-7-23(21)28/h2-3,6-13,16,37H,4-5,14-15H2,1H3,(H,29,35)(H,30,36). The molecule has 0 aromatic heterocycles. The maximum atomic E-state index is 13.8. The van der Waals surface area contributed by atoms with Crippen molar-refractivity contribution in [3.8, 4) is 0 Å². The number of halogens is 2. The molecule has 3 aromatic carbocycles. The molecular weight excluding hydrogens is 517 g/mol. The van der Waals surface area contributed by atoms with Gasteiger partial charge in [0.2, 0.25) is 5.91 Å². The van der Waals surface area contributed by atoms with Crippen molar-refractivity contribution < 1.29 is 18.8 Å². The number of amides is 4. The summed E-state index contributed by atoms with van der Waals surface area (Å²) in [5.74, 6) is -1.34. The monoisotopic (exact) mass is 541 g/mol. The highest BCUT2D eigenvalue weighted by atomic mass is 35.5. The molecular formula is C26H25ClFN5O3S. The lowest BCUT2D eigenvalue weighted by atomic mass is 10.2. The molecule has 192 valence electrons. The van der Waals surface area contributed by atoms with Gasteiger partial charge in [0.05, 0.1) is 22.0 Å². The number of urea groups is 1. The highest BCUT2D eigenvalue weighted by Gasteiger charge is 2.25. The average Bonchev–Trinajstić information content (AvgIpc) is 3.40. The number of nitrogens with one attached hydrogen (secondary N) is 2. The third-order valence-corrected chi connectivity index (χ3v) is 6.49. The maximum Gasteiger partial charge on any atom is 0.336 e. The minimum Gasteiger partial charge on any atom is -0.322 e. The van der Waals surface area contributed by atoms with E-state index >= 15 is 0 Å². The third kappa shape index (κ3) is 6.22. The second-order valence-electron chi connectivity index (χ2n) is 8.38. The first-order chi connectivity index (χ1) is 17.7. The number of carbonyl (C=O) groups excluding carboxylic acids is 3. The summed E-state index contributed by atoms with van der Waals surface area (Å²) in [4.78, 5) is 37.3. The first kappa shape index (κ1) is 26.5. The zero-order valence-electron chi connectivity index (χ0n) is 19.9. The number of benzene rings is 3. The molecule has 2 N–H and O–H groups in total. The van der Waals surface area contributed by atoms with Crippen molar-refractivity contribution in [3.63, 3.8) is 0 Å². The van der Waals surface area contributed by atoms with Gasteiger partial charge in [0.25, 0.3) is 5.91 Å². The van der Waals surface area contributed by atoms with Crippen LogP contribution in [0.4, 0.5) is 31.9 Å². The number of hydrazine groups is 1. The normalized spacial score (nSPS) is 13.2. The summed E-state index contributed by atoms with van der Waals surface area (Å²) in [5, 5.41) is 9.18. The molecule has 37 heavy (non-hydrogen) atoms. The number of nitrogens with zero attached hydrogens (tertiary/aromatic N) is 3. The van der Waals surface area contributed by atoms with E-state index in [0.717, 1.165) is 30.2 Å². The first-order valence-electron chi connectivity index (χ1n) is 11.6. The fourth-order valence-electron chi connectivity index (χ4n) is 4.00. The molecule has 0 unspecified atom stereocenters. The predicted octanol–water partition coefficient (Wildman–Crippen LogP) is 5.98. The zero-order valence-corrected chi connectivity index (χ0v) is 21.6. The quantitative estimate of drug-likeness (QED) is 0.335. The molecule has 4 rings (SSSR count).